The molecular weight excluding hydrogens is 1480 g/mol. The quantitative estimate of drug-likeness (QED) is 0.0260. The molecule has 0 radical (unpaired) electrons. The third-order valence-electron chi connectivity index (χ3n) is 19.7. The van der Waals surface area contributed by atoms with Gasteiger partial charge in [0.25, 0.3) is 0 Å². The average Bonchev–Trinajstić information content (AvgIpc) is 0.754. The van der Waals surface area contributed by atoms with Gasteiger partial charge in [0.05, 0.1) is 37.6 Å². The molecule has 117 heavy (non-hydrogen) atoms. The van der Waals surface area contributed by atoms with Gasteiger partial charge in [0.1, 0.15) is 99.6 Å². The summed E-state index contributed by atoms with van der Waals surface area (Å²) in [5.41, 5.74) is 9.57. The number of carbonyl (C=O) groups is 2. The summed E-state index contributed by atoms with van der Waals surface area (Å²) in [5, 5.41) is 0. The molecule has 12 aromatic rings. The van der Waals surface area contributed by atoms with Crippen LogP contribution in [0.1, 0.15) is 124 Å². The zero-order valence-corrected chi connectivity index (χ0v) is 65.7. The Labute approximate surface area is 683 Å². The van der Waals surface area contributed by atoms with Crippen molar-refractivity contribution in [2.24, 2.45) is 0 Å². The smallest absolute Gasteiger partial charge is 0.306 e. The minimum absolute atomic E-state index is 0.0238. The van der Waals surface area contributed by atoms with Gasteiger partial charge in [-0.15, -0.1) is 0 Å². The van der Waals surface area contributed by atoms with E-state index in [1.807, 2.05) is 317 Å². The molecule has 0 saturated carbocycles. The van der Waals surface area contributed by atoms with Crippen LogP contribution < -0.4 is 47.4 Å². The summed E-state index contributed by atoms with van der Waals surface area (Å²) in [4.78, 5) is 30.7. The molecule has 0 N–H and O–H groups in total. The van der Waals surface area contributed by atoms with Gasteiger partial charge in [0.15, 0.2) is 47.4 Å². The third kappa shape index (κ3) is 22.9. The Bertz CT molecular complexity index is 4730. The summed E-state index contributed by atoms with van der Waals surface area (Å²) in [7, 11) is 0. The molecule has 2 aliphatic rings. The van der Waals surface area contributed by atoms with Crippen LogP contribution in [-0.2, 0) is 90.9 Å². The number of hydrogen-bond acceptors (Lipinski definition) is 18. The fourth-order valence-electron chi connectivity index (χ4n) is 13.8. The highest BCUT2D eigenvalue weighted by Crippen LogP contribution is 2.54. The summed E-state index contributed by atoms with van der Waals surface area (Å²) in [6, 6.07) is 97.2. The zero-order chi connectivity index (χ0) is 80.0. The fraction of sp³-hybridized carbons (Fsp3) is 0.253. The van der Waals surface area contributed by atoms with Gasteiger partial charge < -0.3 is 75.8 Å². The van der Waals surface area contributed by atoms with Gasteiger partial charge in [-0.05, 0) is 89.0 Å². The Balaban J connectivity index is 0.809. The Morgan fingerprint density at radius 3 is 0.855 bits per heavy atom. The lowest BCUT2D eigenvalue weighted by Crippen LogP contribution is -2.40. The van der Waals surface area contributed by atoms with Crippen molar-refractivity contribution in [1.29, 1.82) is 0 Å². The number of carbonyl (C=O) groups excluding carboxylic acids is 2. The van der Waals surface area contributed by atoms with Gasteiger partial charge in [-0.2, -0.15) is 0 Å². The molecule has 0 aromatic heterocycles. The molecule has 0 unspecified atom stereocenters. The lowest BCUT2D eigenvalue weighted by atomic mass is 9.90. The van der Waals surface area contributed by atoms with E-state index in [1.165, 1.54) is 0 Å². The predicted molar refractivity (Wildman–Crippen MR) is 443 cm³/mol. The highest BCUT2D eigenvalue weighted by Gasteiger charge is 2.48. The number of rotatable bonds is 42. The van der Waals surface area contributed by atoms with Crippen LogP contribution >= 0.6 is 0 Å². The van der Waals surface area contributed by atoms with Crippen molar-refractivity contribution < 1.29 is 85.4 Å². The first kappa shape index (κ1) is 81.0. The molecule has 2 aliphatic heterocycles. The molecule has 0 amide bonds. The molecule has 0 bridgehead atoms. The largest absolute Gasteiger partial charge is 0.489 e. The van der Waals surface area contributed by atoms with E-state index >= 15 is 9.59 Å². The van der Waals surface area contributed by atoms with E-state index in [9.17, 15) is 0 Å². The second-order valence-electron chi connectivity index (χ2n) is 28.1. The van der Waals surface area contributed by atoms with Crippen LogP contribution in [0.5, 0.6) is 57.5 Å². The molecule has 12 aromatic carbocycles. The van der Waals surface area contributed by atoms with Crippen LogP contribution in [0.4, 0.5) is 0 Å². The third-order valence-corrected chi connectivity index (χ3v) is 19.7. The standard InChI is InChI=1S/C99H96O18/c1-3-102-52-54-104-96-92-86(112-68-76-42-25-11-26-43-76)58-80(106-62-70-30-13-5-14-31-70)60-88(92)114-94(78-48-50-82(108-64-72-34-17-7-18-35-72)84(56-78)110-66-74-38-21-9-22-39-74)98(96)116-90(100)46-29-47-91(101)117-99-95(79-49-51-83(109-65-73-36-19-8-20-37-73)85(57-79)111-67-75-40-23-10-24-41-75)115-89-61-81(107-63-71-32-15-6-16-33-71)59-87(113-69-77-44-27-12-28-45-77)93(89)97(99)105-55-53-103-4-2/h5-28,30-45,48-51,56-61,94-99H,3-4,29,46-47,52-55,62-69H2,1-2H3/t94-,95-,96+,97+,98-,99-/m1/s1. The maximum Gasteiger partial charge on any atom is 0.306 e. The number of esters is 2. The van der Waals surface area contributed by atoms with E-state index in [0.717, 1.165) is 44.5 Å². The van der Waals surface area contributed by atoms with Crippen molar-refractivity contribution in [2.75, 3.05) is 39.6 Å². The van der Waals surface area contributed by atoms with E-state index in [0.29, 0.717) is 93.0 Å². The number of fused-ring (bicyclic) bond motifs is 2. The molecule has 18 nitrogen and oxygen atoms in total. The minimum atomic E-state index is -1.22. The SMILES string of the molecule is CCOCCO[C@H]1c2c(OCc3ccccc3)cc(OCc3ccccc3)cc2O[C@H](c2ccc(OCc3ccccc3)c(OCc3ccccc3)c2)[C@H]1OC(=O)CCCC(=O)O[C@@H]1[C@@H](c2ccc(OCc3ccccc3)c(OCc3ccccc3)c2)Oc2cc(OCc3ccccc3)cc(OCc3ccccc3)c2[C@@H]1OCCOCC. The lowest BCUT2D eigenvalue weighted by Gasteiger charge is -2.40. The van der Waals surface area contributed by atoms with Gasteiger partial charge in [-0.1, -0.05) is 255 Å². The molecule has 14 rings (SSSR count). The highest BCUT2D eigenvalue weighted by atomic mass is 16.6. The summed E-state index contributed by atoms with van der Waals surface area (Å²) < 4.78 is 107. The Kier molecular flexibility index (Phi) is 29.2. The van der Waals surface area contributed by atoms with Crippen molar-refractivity contribution in [2.45, 2.75) is 123 Å². The second kappa shape index (κ2) is 42.2. The topological polar surface area (TPSA) is 182 Å². The van der Waals surface area contributed by atoms with Gasteiger partial charge >= 0.3 is 11.9 Å². The summed E-state index contributed by atoms with van der Waals surface area (Å²) in [5.74, 6) is 2.86. The van der Waals surface area contributed by atoms with Gasteiger partial charge in [-0.3, -0.25) is 9.59 Å². The normalized spacial score (nSPS) is 15.8. The maximum absolute atomic E-state index is 15.3. The highest BCUT2D eigenvalue weighted by molar-refractivity contribution is 5.73. The molecule has 0 saturated heterocycles. The minimum Gasteiger partial charge on any atom is -0.489 e. The maximum atomic E-state index is 15.3. The van der Waals surface area contributed by atoms with Crippen LogP contribution in [0.3, 0.4) is 0 Å². The van der Waals surface area contributed by atoms with Crippen LogP contribution in [0.2, 0.25) is 0 Å². The van der Waals surface area contributed by atoms with Crippen molar-refractivity contribution in [3.63, 3.8) is 0 Å². The summed E-state index contributed by atoms with van der Waals surface area (Å²) in [6.07, 6.45) is -7.25. The van der Waals surface area contributed by atoms with Gasteiger partial charge in [0.2, 0.25) is 0 Å². The molecule has 0 spiro atoms. The summed E-state index contributed by atoms with van der Waals surface area (Å²) >= 11 is 0. The van der Waals surface area contributed by atoms with E-state index in [-0.39, 0.29) is 98.5 Å². The summed E-state index contributed by atoms with van der Waals surface area (Å²) in [6.45, 7) is 6.98. The van der Waals surface area contributed by atoms with E-state index in [4.69, 9.17) is 75.8 Å². The second-order valence-corrected chi connectivity index (χ2v) is 28.1. The average molecular weight is 1570 g/mol. The Morgan fingerprint density at radius 2 is 0.564 bits per heavy atom. The van der Waals surface area contributed by atoms with Crippen molar-refractivity contribution >= 4 is 11.9 Å². The van der Waals surface area contributed by atoms with Crippen LogP contribution in [0.25, 0.3) is 0 Å². The zero-order valence-electron chi connectivity index (χ0n) is 65.7. The van der Waals surface area contributed by atoms with Crippen LogP contribution in [0, 0.1) is 0 Å². The van der Waals surface area contributed by atoms with Crippen molar-refractivity contribution in [3.8, 4) is 57.5 Å². The Morgan fingerprint density at radius 1 is 0.291 bits per heavy atom. The molecule has 18 heteroatoms. The number of hydrogen-bond donors (Lipinski definition) is 0. The Hall–Kier alpha value is -12.6. The molecule has 2 heterocycles. The molecule has 0 fully saturated rings. The lowest BCUT2D eigenvalue weighted by molar-refractivity contribution is -0.176. The number of benzene rings is 12. The monoisotopic (exact) mass is 1570 g/mol. The first-order valence-electron chi connectivity index (χ1n) is 39.8. The van der Waals surface area contributed by atoms with Gasteiger partial charge in [0, 0.05) is 61.4 Å². The first-order valence-corrected chi connectivity index (χ1v) is 39.8. The van der Waals surface area contributed by atoms with E-state index < -0.39 is 48.6 Å². The fourth-order valence-corrected chi connectivity index (χ4v) is 13.8. The van der Waals surface area contributed by atoms with Crippen LogP contribution in [-0.4, -0.2) is 63.8 Å². The van der Waals surface area contributed by atoms with E-state index in [2.05, 4.69) is 0 Å². The van der Waals surface area contributed by atoms with Crippen molar-refractivity contribution in [3.05, 3.63) is 370 Å². The van der Waals surface area contributed by atoms with E-state index in [1.54, 1.807) is 0 Å². The molecule has 6 atom stereocenters. The number of ether oxygens (including phenoxy) is 16. The first-order chi connectivity index (χ1) is 57.7. The van der Waals surface area contributed by atoms with Gasteiger partial charge in [-0.25, -0.2) is 0 Å². The van der Waals surface area contributed by atoms with Crippen molar-refractivity contribution in [1.82, 2.24) is 0 Å². The molecule has 0 aliphatic carbocycles. The van der Waals surface area contributed by atoms with Crippen LogP contribution in [0.15, 0.2) is 303 Å². The molecule has 600 valence electrons. The molecular formula is C99H96O18. The predicted octanol–water partition coefficient (Wildman–Crippen LogP) is 20.5.